The molecule has 6 nitrogen and oxygen atoms in total. The zero-order chi connectivity index (χ0) is 21.3. The number of amides is 3. The fraction of sp³-hybridized carbons (Fsp3) is 0.167. The second-order valence-corrected chi connectivity index (χ2v) is 7.07. The molecule has 0 saturated heterocycles. The molecule has 0 fully saturated rings. The van der Waals surface area contributed by atoms with E-state index in [1.807, 2.05) is 79.7 Å². The average Bonchev–Trinajstić information content (AvgIpc) is 2.78. The van der Waals surface area contributed by atoms with Crippen molar-refractivity contribution in [1.29, 1.82) is 0 Å². The maximum absolute atomic E-state index is 12.2. The Hall–Kier alpha value is -3.64. The first-order chi connectivity index (χ1) is 14.5. The summed E-state index contributed by atoms with van der Waals surface area (Å²) in [7, 11) is 0. The first kappa shape index (κ1) is 21.1. The van der Waals surface area contributed by atoms with Crippen molar-refractivity contribution in [3.63, 3.8) is 0 Å². The van der Waals surface area contributed by atoms with Crippen LogP contribution in [0.4, 0.5) is 10.5 Å². The predicted molar refractivity (Wildman–Crippen MR) is 119 cm³/mol. The van der Waals surface area contributed by atoms with Gasteiger partial charge in [0.25, 0.3) is 5.91 Å². The summed E-state index contributed by atoms with van der Waals surface area (Å²) in [5.41, 5.74) is 11.0. The second kappa shape index (κ2) is 10.2. The summed E-state index contributed by atoms with van der Waals surface area (Å²) < 4.78 is 0. The van der Waals surface area contributed by atoms with E-state index in [0.29, 0.717) is 30.9 Å². The Labute approximate surface area is 176 Å². The number of carbonyl (C=O) groups excluding carboxylic acids is 2. The van der Waals surface area contributed by atoms with E-state index in [1.165, 1.54) is 0 Å². The standard InChI is InChI=1S/C24H26N4O2/c1-17-2-10-21(11-3-17)23(29)26-15-20-8-12-22(13-9-20)28-24(30)27-16-19-6-4-18(14-25)5-7-19/h2-13H,14-16,25H2,1H3,(H,26,29)(H2,27,28,30). The van der Waals surface area contributed by atoms with E-state index in [2.05, 4.69) is 16.0 Å². The van der Waals surface area contributed by atoms with Crippen LogP contribution in [0.25, 0.3) is 0 Å². The van der Waals surface area contributed by atoms with Gasteiger partial charge in [0.1, 0.15) is 0 Å². The van der Waals surface area contributed by atoms with Crippen molar-refractivity contribution in [2.24, 2.45) is 5.73 Å². The molecule has 3 aromatic carbocycles. The molecule has 6 heteroatoms. The molecule has 0 bridgehead atoms. The Morgan fingerprint density at radius 2 is 1.27 bits per heavy atom. The first-order valence-corrected chi connectivity index (χ1v) is 9.80. The van der Waals surface area contributed by atoms with Crippen molar-refractivity contribution < 1.29 is 9.59 Å². The molecule has 154 valence electrons. The zero-order valence-corrected chi connectivity index (χ0v) is 16.9. The molecule has 0 radical (unpaired) electrons. The summed E-state index contributed by atoms with van der Waals surface area (Å²) in [6.45, 7) is 3.33. The molecule has 0 heterocycles. The van der Waals surface area contributed by atoms with Crippen LogP contribution in [0, 0.1) is 6.92 Å². The van der Waals surface area contributed by atoms with Gasteiger partial charge in [0.2, 0.25) is 0 Å². The summed E-state index contributed by atoms with van der Waals surface area (Å²) >= 11 is 0. The lowest BCUT2D eigenvalue weighted by atomic mass is 10.1. The second-order valence-electron chi connectivity index (χ2n) is 7.07. The van der Waals surface area contributed by atoms with Gasteiger partial charge in [-0.3, -0.25) is 4.79 Å². The lowest BCUT2D eigenvalue weighted by molar-refractivity contribution is 0.0951. The summed E-state index contributed by atoms with van der Waals surface area (Å²) in [4.78, 5) is 24.3. The fourth-order valence-corrected chi connectivity index (χ4v) is 2.85. The van der Waals surface area contributed by atoms with Crippen LogP contribution in [0.3, 0.4) is 0 Å². The maximum Gasteiger partial charge on any atom is 0.319 e. The van der Waals surface area contributed by atoms with Crippen LogP contribution in [0.2, 0.25) is 0 Å². The number of nitrogens with one attached hydrogen (secondary N) is 3. The number of hydrogen-bond acceptors (Lipinski definition) is 3. The van der Waals surface area contributed by atoms with Gasteiger partial charge in [-0.2, -0.15) is 0 Å². The molecule has 3 aromatic rings. The van der Waals surface area contributed by atoms with Crippen LogP contribution in [0.5, 0.6) is 0 Å². The summed E-state index contributed by atoms with van der Waals surface area (Å²) in [6, 6.07) is 22.3. The molecule has 0 aliphatic heterocycles. The van der Waals surface area contributed by atoms with Crippen LogP contribution in [-0.2, 0) is 19.6 Å². The third-order valence-electron chi connectivity index (χ3n) is 4.69. The molecule has 5 N–H and O–H groups in total. The van der Waals surface area contributed by atoms with Crippen LogP contribution >= 0.6 is 0 Å². The molecule has 0 spiro atoms. The molecular formula is C24H26N4O2. The Bertz CT molecular complexity index is 981. The Morgan fingerprint density at radius 3 is 1.87 bits per heavy atom. The van der Waals surface area contributed by atoms with E-state index >= 15 is 0 Å². The van der Waals surface area contributed by atoms with E-state index in [-0.39, 0.29) is 11.9 Å². The molecule has 30 heavy (non-hydrogen) atoms. The molecule has 3 rings (SSSR count). The van der Waals surface area contributed by atoms with Gasteiger partial charge in [0.05, 0.1) is 0 Å². The van der Waals surface area contributed by atoms with Gasteiger partial charge in [-0.15, -0.1) is 0 Å². The normalized spacial score (nSPS) is 10.3. The van der Waals surface area contributed by atoms with Crippen molar-refractivity contribution in [3.05, 3.63) is 101 Å². The van der Waals surface area contributed by atoms with Gasteiger partial charge in [-0.1, -0.05) is 54.1 Å². The van der Waals surface area contributed by atoms with Gasteiger partial charge in [-0.25, -0.2) is 4.79 Å². The monoisotopic (exact) mass is 402 g/mol. The number of benzene rings is 3. The minimum absolute atomic E-state index is 0.115. The summed E-state index contributed by atoms with van der Waals surface area (Å²) in [5.74, 6) is -0.115. The van der Waals surface area contributed by atoms with E-state index in [9.17, 15) is 9.59 Å². The fourth-order valence-electron chi connectivity index (χ4n) is 2.85. The van der Waals surface area contributed by atoms with Crippen LogP contribution in [0.15, 0.2) is 72.8 Å². The molecule has 0 saturated carbocycles. The van der Waals surface area contributed by atoms with Crippen molar-refractivity contribution in [1.82, 2.24) is 10.6 Å². The molecule has 0 aromatic heterocycles. The lowest BCUT2D eigenvalue weighted by Gasteiger charge is -2.10. The van der Waals surface area contributed by atoms with Crippen LogP contribution in [-0.4, -0.2) is 11.9 Å². The Morgan fingerprint density at radius 1 is 0.733 bits per heavy atom. The van der Waals surface area contributed by atoms with Gasteiger partial charge < -0.3 is 21.7 Å². The highest BCUT2D eigenvalue weighted by molar-refractivity contribution is 5.94. The number of aryl methyl sites for hydroxylation is 1. The molecule has 3 amide bonds. The zero-order valence-electron chi connectivity index (χ0n) is 16.9. The first-order valence-electron chi connectivity index (χ1n) is 9.80. The number of urea groups is 1. The van der Waals surface area contributed by atoms with Crippen molar-refractivity contribution in [3.8, 4) is 0 Å². The third kappa shape index (κ3) is 6.18. The topological polar surface area (TPSA) is 96.2 Å². The predicted octanol–water partition coefficient (Wildman–Crippen LogP) is 3.71. The highest BCUT2D eigenvalue weighted by Crippen LogP contribution is 2.10. The average molecular weight is 402 g/mol. The van der Waals surface area contributed by atoms with Crippen molar-refractivity contribution in [2.75, 3.05) is 5.32 Å². The molecule has 0 atom stereocenters. The highest BCUT2D eigenvalue weighted by atomic mass is 16.2. The van der Waals surface area contributed by atoms with Crippen molar-refractivity contribution in [2.45, 2.75) is 26.6 Å². The number of rotatable bonds is 7. The van der Waals surface area contributed by atoms with Crippen molar-refractivity contribution >= 4 is 17.6 Å². The van der Waals surface area contributed by atoms with E-state index in [4.69, 9.17) is 5.73 Å². The Balaban J connectivity index is 1.44. The Kier molecular flexibility index (Phi) is 7.19. The summed E-state index contributed by atoms with van der Waals surface area (Å²) in [6.07, 6.45) is 0. The molecular weight excluding hydrogens is 376 g/mol. The largest absolute Gasteiger partial charge is 0.348 e. The van der Waals surface area contributed by atoms with Crippen LogP contribution in [0.1, 0.15) is 32.6 Å². The van der Waals surface area contributed by atoms with Gasteiger partial charge in [0, 0.05) is 30.9 Å². The molecule has 0 aliphatic carbocycles. The van der Waals surface area contributed by atoms with Crippen LogP contribution < -0.4 is 21.7 Å². The number of anilines is 1. The lowest BCUT2D eigenvalue weighted by Crippen LogP contribution is -2.28. The smallest absolute Gasteiger partial charge is 0.319 e. The number of nitrogens with two attached hydrogens (primary N) is 1. The maximum atomic E-state index is 12.2. The van der Waals surface area contributed by atoms with E-state index in [1.54, 1.807) is 0 Å². The number of hydrogen-bond donors (Lipinski definition) is 4. The molecule has 0 unspecified atom stereocenters. The quantitative estimate of drug-likeness (QED) is 0.485. The third-order valence-corrected chi connectivity index (χ3v) is 4.69. The van der Waals surface area contributed by atoms with E-state index < -0.39 is 0 Å². The highest BCUT2D eigenvalue weighted by Gasteiger charge is 2.06. The number of carbonyl (C=O) groups is 2. The van der Waals surface area contributed by atoms with Gasteiger partial charge in [0.15, 0.2) is 0 Å². The minimum Gasteiger partial charge on any atom is -0.348 e. The summed E-state index contributed by atoms with van der Waals surface area (Å²) in [5, 5.41) is 8.52. The van der Waals surface area contributed by atoms with Gasteiger partial charge in [-0.05, 0) is 47.9 Å². The molecule has 0 aliphatic rings. The SMILES string of the molecule is Cc1ccc(C(=O)NCc2ccc(NC(=O)NCc3ccc(CN)cc3)cc2)cc1. The minimum atomic E-state index is -0.279. The van der Waals surface area contributed by atoms with Gasteiger partial charge >= 0.3 is 6.03 Å². The van der Waals surface area contributed by atoms with E-state index in [0.717, 1.165) is 22.3 Å².